The van der Waals surface area contributed by atoms with Gasteiger partial charge in [0, 0.05) is 19.3 Å². The van der Waals surface area contributed by atoms with Crippen molar-refractivity contribution >= 4 is 65.2 Å². The third-order valence-corrected chi connectivity index (χ3v) is 12.1. The lowest BCUT2D eigenvalue weighted by molar-refractivity contribution is -0.143. The lowest BCUT2D eigenvalue weighted by Crippen LogP contribution is -2.61. The van der Waals surface area contributed by atoms with Gasteiger partial charge in [-0.05, 0) is 82.0 Å². The van der Waals surface area contributed by atoms with E-state index in [1.54, 1.807) is 74.5 Å². The third kappa shape index (κ3) is 24.2. The van der Waals surface area contributed by atoms with Crippen LogP contribution in [0, 0.1) is 5.92 Å². The highest BCUT2D eigenvalue weighted by molar-refractivity contribution is 5.99. The number of aliphatic hydroxyl groups excluding tert-OH is 2. The maximum absolute atomic E-state index is 14.3. The molecule has 0 aliphatic rings. The van der Waals surface area contributed by atoms with Gasteiger partial charge < -0.3 is 85.3 Å². The Hall–Kier alpha value is -7.59. The molecule has 0 bridgehead atoms. The smallest absolute Gasteiger partial charge is 0.326 e. The summed E-state index contributed by atoms with van der Waals surface area (Å²) in [5.74, 6) is -13.1. The number of amides is 8. The fraction of sp³-hybridized carbons (Fsp3) is 0.549. The number of hydrogen-bond donors (Lipinski definition) is 16. The summed E-state index contributed by atoms with van der Waals surface area (Å²) in [5.41, 5.74) is 18.2. The Morgan fingerprint density at radius 3 is 1.27 bits per heavy atom. The summed E-state index contributed by atoms with van der Waals surface area (Å²) in [7, 11) is 0. The van der Waals surface area contributed by atoms with Crippen molar-refractivity contribution in [3.8, 4) is 0 Å². The maximum atomic E-state index is 14.3. The second kappa shape index (κ2) is 34.9. The van der Waals surface area contributed by atoms with Gasteiger partial charge in [-0.2, -0.15) is 0 Å². The molecule has 0 aromatic heterocycles. The average Bonchev–Trinajstić information content (AvgIpc) is 3.39. The highest BCUT2D eigenvalue weighted by atomic mass is 16.4. The number of benzene rings is 2. The molecule has 2 aromatic carbocycles. The summed E-state index contributed by atoms with van der Waals surface area (Å²) in [5, 5.41) is 68.5. The molecule has 2 aromatic rings. The highest BCUT2D eigenvalue weighted by Gasteiger charge is 2.36. The summed E-state index contributed by atoms with van der Waals surface area (Å²) in [6, 6.07) is 2.30. The van der Waals surface area contributed by atoms with Crippen LogP contribution >= 0.6 is 0 Å². The molecule has 0 aliphatic carbocycles. The Bertz CT molecular complexity index is 2310. The Labute approximate surface area is 451 Å². The molecule has 10 atom stereocenters. The zero-order chi connectivity index (χ0) is 58.5. The van der Waals surface area contributed by atoms with E-state index in [9.17, 15) is 78.3 Å². The van der Waals surface area contributed by atoms with Gasteiger partial charge in [0.2, 0.25) is 47.3 Å². The van der Waals surface area contributed by atoms with E-state index in [1.165, 1.54) is 6.92 Å². The molecule has 0 fully saturated rings. The Morgan fingerprint density at radius 2 is 0.846 bits per heavy atom. The lowest BCUT2D eigenvalue weighted by Gasteiger charge is -2.28. The van der Waals surface area contributed by atoms with E-state index in [-0.39, 0.29) is 51.6 Å². The van der Waals surface area contributed by atoms with Gasteiger partial charge in [-0.3, -0.25) is 47.9 Å². The topological polar surface area (TPSA) is 463 Å². The molecule has 19 N–H and O–H groups in total. The van der Waals surface area contributed by atoms with Gasteiger partial charge >= 0.3 is 17.9 Å². The Balaban J connectivity index is 2.44. The van der Waals surface area contributed by atoms with Crippen LogP contribution in [-0.2, 0) is 65.6 Å². The number of carboxylic acids is 3. The van der Waals surface area contributed by atoms with Crippen molar-refractivity contribution in [2.24, 2.45) is 23.1 Å². The fourth-order valence-corrected chi connectivity index (χ4v) is 7.65. The van der Waals surface area contributed by atoms with E-state index < -0.39 is 157 Å². The van der Waals surface area contributed by atoms with Crippen LogP contribution in [0.5, 0.6) is 0 Å². The first-order valence-corrected chi connectivity index (χ1v) is 25.5. The minimum Gasteiger partial charge on any atom is -0.481 e. The molecule has 2 rings (SSSR count). The molecule has 8 amide bonds. The summed E-state index contributed by atoms with van der Waals surface area (Å²) >= 11 is 0. The SMILES string of the molecule is CC(C)[C@H](NC(=O)[C@@H](N)[C@@H](C)O)C(=O)N[C@@H](CCCCN)C(=O)N[C@@H](CC(=O)O)C(=O)N[C@@H](CCCCN)C(=O)N[C@@H](Cc1ccccc1)C(=O)N[C@@H](CO)C(=O)N[C@@H](CCC(=O)O)C(=O)N[C@@H](Cc1ccccc1)C(=O)O. The van der Waals surface area contributed by atoms with Gasteiger partial charge in [0.05, 0.1) is 19.1 Å². The van der Waals surface area contributed by atoms with Crippen molar-refractivity contribution in [3.63, 3.8) is 0 Å². The summed E-state index contributed by atoms with van der Waals surface area (Å²) < 4.78 is 0. The molecule has 78 heavy (non-hydrogen) atoms. The molecular formula is C51H77N11O16. The van der Waals surface area contributed by atoms with Crippen LogP contribution < -0.4 is 59.7 Å². The number of aliphatic hydroxyl groups is 2. The van der Waals surface area contributed by atoms with Crippen LogP contribution in [0.2, 0.25) is 0 Å². The molecule has 0 unspecified atom stereocenters. The van der Waals surface area contributed by atoms with Crippen molar-refractivity contribution in [2.75, 3.05) is 19.7 Å². The number of carbonyl (C=O) groups excluding carboxylic acids is 8. The van der Waals surface area contributed by atoms with Crippen LogP contribution in [-0.4, -0.2) is 171 Å². The summed E-state index contributed by atoms with van der Waals surface area (Å²) in [4.78, 5) is 146. The van der Waals surface area contributed by atoms with E-state index in [4.69, 9.17) is 17.2 Å². The molecule has 27 heteroatoms. The quantitative estimate of drug-likeness (QED) is 0.0291. The fourth-order valence-electron chi connectivity index (χ4n) is 7.65. The van der Waals surface area contributed by atoms with Gasteiger partial charge in [0.1, 0.15) is 54.4 Å². The lowest BCUT2D eigenvalue weighted by atomic mass is 10.0. The zero-order valence-electron chi connectivity index (χ0n) is 44.0. The largest absolute Gasteiger partial charge is 0.481 e. The monoisotopic (exact) mass is 1100 g/mol. The average molecular weight is 1100 g/mol. The van der Waals surface area contributed by atoms with Gasteiger partial charge in [-0.25, -0.2) is 4.79 Å². The molecule has 27 nitrogen and oxygen atoms in total. The Morgan fingerprint density at radius 1 is 0.462 bits per heavy atom. The number of carboxylic acid groups (broad SMARTS) is 3. The number of carbonyl (C=O) groups is 11. The first-order chi connectivity index (χ1) is 36.9. The van der Waals surface area contributed by atoms with E-state index in [0.717, 1.165) is 0 Å². The number of unbranched alkanes of at least 4 members (excludes halogenated alkanes) is 2. The van der Waals surface area contributed by atoms with Gasteiger partial charge in [0.25, 0.3) is 0 Å². The minimum absolute atomic E-state index is 0.0566. The highest BCUT2D eigenvalue weighted by Crippen LogP contribution is 2.12. The molecule has 0 saturated heterocycles. The second-order valence-corrected chi connectivity index (χ2v) is 18.9. The third-order valence-electron chi connectivity index (χ3n) is 12.1. The molecule has 0 saturated carbocycles. The van der Waals surface area contributed by atoms with E-state index in [0.29, 0.717) is 24.0 Å². The van der Waals surface area contributed by atoms with Gasteiger partial charge in [0.15, 0.2) is 0 Å². The summed E-state index contributed by atoms with van der Waals surface area (Å²) in [6.45, 7) is 3.74. The van der Waals surface area contributed by atoms with Gasteiger partial charge in [-0.1, -0.05) is 74.5 Å². The number of nitrogens with two attached hydrogens (primary N) is 3. The molecule has 0 heterocycles. The maximum Gasteiger partial charge on any atom is 0.326 e. The van der Waals surface area contributed by atoms with Crippen LogP contribution in [0.4, 0.5) is 0 Å². The van der Waals surface area contributed by atoms with Crippen molar-refractivity contribution < 1.29 is 78.3 Å². The van der Waals surface area contributed by atoms with E-state index in [1.807, 2.05) is 0 Å². The van der Waals surface area contributed by atoms with Crippen molar-refractivity contribution in [1.29, 1.82) is 0 Å². The zero-order valence-corrected chi connectivity index (χ0v) is 44.0. The standard InChI is InChI=1S/C51H77N11O16/c1-28(2)42(62-49(75)41(54)29(3)64)50(76)57-33(19-11-13-23-53)44(70)59-36(26-40(67)68)47(73)55-32(18-10-12-22-52)43(69)58-35(24-30-14-6-4-7-15-30)46(72)61-38(27-63)48(74)56-34(20-21-39(65)66)45(71)60-37(51(77)78)25-31-16-8-5-9-17-31/h4-9,14-17,28-29,32-38,41-42,63-64H,10-13,18-27,52-54H2,1-3H3,(H,55,73)(H,56,74)(H,57,76)(H,58,69)(H,59,70)(H,60,71)(H,61,72)(H,62,75)(H,65,66)(H,67,68)(H,77,78)/t29-,32+,33+,34+,35+,36+,37+,38+,41+,42+/m1/s1. The number of nitrogens with one attached hydrogen (secondary N) is 8. The predicted molar refractivity (Wildman–Crippen MR) is 280 cm³/mol. The van der Waals surface area contributed by atoms with E-state index in [2.05, 4.69) is 42.5 Å². The van der Waals surface area contributed by atoms with Gasteiger partial charge in [-0.15, -0.1) is 0 Å². The molecule has 0 spiro atoms. The first kappa shape index (κ1) is 66.5. The van der Waals surface area contributed by atoms with Crippen LogP contribution in [0.1, 0.15) is 89.7 Å². The molecule has 0 aliphatic heterocycles. The number of aliphatic carboxylic acids is 3. The number of rotatable bonds is 37. The van der Waals surface area contributed by atoms with Crippen LogP contribution in [0.25, 0.3) is 0 Å². The van der Waals surface area contributed by atoms with Crippen LogP contribution in [0.15, 0.2) is 60.7 Å². The Kier molecular flexibility index (Phi) is 29.8. The second-order valence-electron chi connectivity index (χ2n) is 18.9. The first-order valence-electron chi connectivity index (χ1n) is 25.5. The molecule has 432 valence electrons. The van der Waals surface area contributed by atoms with Crippen molar-refractivity contribution in [1.82, 2.24) is 42.5 Å². The minimum atomic E-state index is -1.87. The number of hydrogen-bond acceptors (Lipinski definition) is 16. The molecule has 0 radical (unpaired) electrons. The van der Waals surface area contributed by atoms with Crippen molar-refractivity contribution in [2.45, 2.75) is 152 Å². The van der Waals surface area contributed by atoms with Crippen molar-refractivity contribution in [3.05, 3.63) is 71.8 Å². The molecular weight excluding hydrogens is 1020 g/mol. The van der Waals surface area contributed by atoms with E-state index >= 15 is 0 Å². The van der Waals surface area contributed by atoms with Crippen LogP contribution in [0.3, 0.4) is 0 Å². The normalized spacial score (nSPS) is 14.9. The summed E-state index contributed by atoms with van der Waals surface area (Å²) in [6.07, 6.45) is -2.92. The predicted octanol–water partition coefficient (Wildman–Crippen LogP) is -3.61.